The van der Waals surface area contributed by atoms with Crippen molar-refractivity contribution in [1.82, 2.24) is 9.97 Å². The fourth-order valence-electron chi connectivity index (χ4n) is 2.49. The van der Waals surface area contributed by atoms with E-state index in [0.717, 1.165) is 31.4 Å². The lowest BCUT2D eigenvalue weighted by molar-refractivity contribution is 0.726. The van der Waals surface area contributed by atoms with Crippen molar-refractivity contribution < 1.29 is 0 Å². The maximum Gasteiger partial charge on any atom is 0.224 e. The van der Waals surface area contributed by atoms with Crippen LogP contribution in [0.25, 0.3) is 0 Å². The first-order chi connectivity index (χ1) is 9.40. The molecule has 0 unspecified atom stereocenters. The Morgan fingerprint density at radius 2 is 1.95 bits per heavy atom. The van der Waals surface area contributed by atoms with Crippen LogP contribution in [0.3, 0.4) is 0 Å². The van der Waals surface area contributed by atoms with Gasteiger partial charge in [-0.05, 0) is 25.3 Å². The molecule has 0 amide bonds. The highest BCUT2D eigenvalue weighted by molar-refractivity contribution is 5.42. The minimum atomic E-state index is 0.776. The van der Waals surface area contributed by atoms with E-state index in [4.69, 9.17) is 0 Å². The monoisotopic (exact) mass is 262 g/mol. The maximum absolute atomic E-state index is 4.64. The number of unbranched alkanes of at least 4 members (excludes halogenated alkanes) is 2. The van der Waals surface area contributed by atoms with Crippen molar-refractivity contribution in [1.29, 1.82) is 0 Å². The predicted octanol–water partition coefficient (Wildman–Crippen LogP) is 3.46. The van der Waals surface area contributed by atoms with Crippen LogP contribution in [-0.2, 0) is 0 Å². The molecule has 0 bridgehead atoms. The lowest BCUT2D eigenvalue weighted by Gasteiger charge is -2.21. The van der Waals surface area contributed by atoms with Gasteiger partial charge in [0.15, 0.2) is 0 Å². The summed E-state index contributed by atoms with van der Waals surface area (Å²) < 4.78 is 0. The molecule has 1 aliphatic rings. The highest BCUT2D eigenvalue weighted by Gasteiger charge is 2.11. The molecule has 0 radical (unpaired) electrons. The smallest absolute Gasteiger partial charge is 0.224 e. The van der Waals surface area contributed by atoms with Crippen molar-refractivity contribution in [3.63, 3.8) is 0 Å². The molecule has 0 aromatic carbocycles. The molecule has 19 heavy (non-hydrogen) atoms. The first kappa shape index (κ1) is 14.1. The summed E-state index contributed by atoms with van der Waals surface area (Å²) in [5.74, 6) is 1.85. The third kappa shape index (κ3) is 4.69. The molecule has 1 aromatic heterocycles. The largest absolute Gasteiger partial charge is 0.356 e. The number of nitrogens with one attached hydrogen (secondary N) is 1. The van der Waals surface area contributed by atoms with Crippen molar-refractivity contribution in [2.24, 2.45) is 0 Å². The van der Waals surface area contributed by atoms with Gasteiger partial charge >= 0.3 is 0 Å². The molecule has 106 valence electrons. The summed E-state index contributed by atoms with van der Waals surface area (Å²) in [7, 11) is 0. The summed E-state index contributed by atoms with van der Waals surface area (Å²) in [6.07, 6.45) is 10.8. The molecule has 1 fully saturated rings. The SMILES string of the molecule is CCCCCNc1nccc(N2CCCCCC2)n1. The molecular weight excluding hydrogens is 236 g/mol. The second-order valence-corrected chi connectivity index (χ2v) is 5.27. The molecule has 4 nitrogen and oxygen atoms in total. The molecule has 0 spiro atoms. The number of nitrogens with zero attached hydrogens (tertiary/aromatic N) is 3. The van der Waals surface area contributed by atoms with Gasteiger partial charge in [0, 0.05) is 25.8 Å². The molecule has 1 aromatic rings. The highest BCUT2D eigenvalue weighted by atomic mass is 15.2. The normalized spacial score (nSPS) is 16.2. The van der Waals surface area contributed by atoms with E-state index in [-0.39, 0.29) is 0 Å². The molecule has 0 aliphatic carbocycles. The maximum atomic E-state index is 4.64. The minimum absolute atomic E-state index is 0.776. The van der Waals surface area contributed by atoms with E-state index in [1.165, 1.54) is 44.9 Å². The zero-order valence-corrected chi connectivity index (χ0v) is 12.1. The van der Waals surface area contributed by atoms with Crippen molar-refractivity contribution >= 4 is 11.8 Å². The summed E-state index contributed by atoms with van der Waals surface area (Å²) in [5.41, 5.74) is 0. The number of anilines is 2. The van der Waals surface area contributed by atoms with Crippen LogP contribution < -0.4 is 10.2 Å². The van der Waals surface area contributed by atoms with Crippen LogP contribution in [-0.4, -0.2) is 29.6 Å². The lowest BCUT2D eigenvalue weighted by Crippen LogP contribution is -2.25. The Labute approximate surface area is 116 Å². The van der Waals surface area contributed by atoms with E-state index in [1.54, 1.807) is 0 Å². The molecule has 1 aliphatic heterocycles. The molecule has 2 rings (SSSR count). The Balaban J connectivity index is 1.90. The zero-order chi connectivity index (χ0) is 13.3. The van der Waals surface area contributed by atoms with Crippen LogP contribution in [0.1, 0.15) is 51.9 Å². The number of rotatable bonds is 6. The van der Waals surface area contributed by atoms with Gasteiger partial charge < -0.3 is 10.2 Å². The van der Waals surface area contributed by atoms with Gasteiger partial charge in [0.25, 0.3) is 0 Å². The first-order valence-electron chi connectivity index (χ1n) is 7.72. The average Bonchev–Trinajstić information content (AvgIpc) is 2.73. The van der Waals surface area contributed by atoms with Crippen LogP contribution in [0, 0.1) is 0 Å². The molecule has 1 saturated heterocycles. The van der Waals surface area contributed by atoms with Crippen molar-refractivity contribution in [2.45, 2.75) is 51.9 Å². The van der Waals surface area contributed by atoms with Gasteiger partial charge in [-0.25, -0.2) is 4.98 Å². The summed E-state index contributed by atoms with van der Waals surface area (Å²) >= 11 is 0. The summed E-state index contributed by atoms with van der Waals surface area (Å²) in [6.45, 7) is 5.45. The summed E-state index contributed by atoms with van der Waals surface area (Å²) in [5, 5.41) is 3.33. The van der Waals surface area contributed by atoms with Crippen LogP contribution >= 0.6 is 0 Å². The topological polar surface area (TPSA) is 41.1 Å². The Morgan fingerprint density at radius 3 is 2.68 bits per heavy atom. The van der Waals surface area contributed by atoms with Crippen molar-refractivity contribution in [3.05, 3.63) is 12.3 Å². The van der Waals surface area contributed by atoms with Gasteiger partial charge in [-0.1, -0.05) is 32.6 Å². The highest BCUT2D eigenvalue weighted by Crippen LogP contribution is 2.17. The van der Waals surface area contributed by atoms with Crippen LogP contribution in [0.5, 0.6) is 0 Å². The number of hydrogen-bond acceptors (Lipinski definition) is 4. The van der Waals surface area contributed by atoms with Gasteiger partial charge in [0.1, 0.15) is 5.82 Å². The Kier molecular flexibility index (Phi) is 5.92. The van der Waals surface area contributed by atoms with Gasteiger partial charge in [0.05, 0.1) is 0 Å². The predicted molar refractivity (Wildman–Crippen MR) is 80.7 cm³/mol. The molecular formula is C15H26N4. The van der Waals surface area contributed by atoms with Gasteiger partial charge in [-0.3, -0.25) is 0 Å². The van der Waals surface area contributed by atoms with E-state index >= 15 is 0 Å². The van der Waals surface area contributed by atoms with E-state index in [2.05, 4.69) is 27.1 Å². The first-order valence-corrected chi connectivity index (χ1v) is 7.72. The quantitative estimate of drug-likeness (QED) is 0.797. The summed E-state index contributed by atoms with van der Waals surface area (Å²) in [6, 6.07) is 2.03. The van der Waals surface area contributed by atoms with Crippen LogP contribution in [0.2, 0.25) is 0 Å². The van der Waals surface area contributed by atoms with Crippen LogP contribution in [0.4, 0.5) is 11.8 Å². The van der Waals surface area contributed by atoms with E-state index < -0.39 is 0 Å². The molecule has 1 N–H and O–H groups in total. The number of aromatic nitrogens is 2. The van der Waals surface area contributed by atoms with Gasteiger partial charge in [0.2, 0.25) is 5.95 Å². The third-order valence-corrected chi connectivity index (χ3v) is 3.63. The van der Waals surface area contributed by atoms with E-state index in [1.807, 2.05) is 12.3 Å². The molecule has 2 heterocycles. The molecule has 0 atom stereocenters. The third-order valence-electron chi connectivity index (χ3n) is 3.63. The standard InChI is InChI=1S/C15H26N4/c1-2-3-6-10-16-15-17-11-9-14(18-15)19-12-7-4-5-8-13-19/h9,11H,2-8,10,12-13H2,1H3,(H,16,17,18). The minimum Gasteiger partial charge on any atom is -0.356 e. The second-order valence-electron chi connectivity index (χ2n) is 5.27. The van der Waals surface area contributed by atoms with Crippen LogP contribution in [0.15, 0.2) is 12.3 Å². The Morgan fingerprint density at radius 1 is 1.16 bits per heavy atom. The van der Waals surface area contributed by atoms with E-state index in [9.17, 15) is 0 Å². The fourth-order valence-corrected chi connectivity index (χ4v) is 2.49. The van der Waals surface area contributed by atoms with Gasteiger partial charge in [-0.15, -0.1) is 0 Å². The molecule has 4 heteroatoms. The number of hydrogen-bond donors (Lipinski definition) is 1. The Bertz CT molecular complexity index is 359. The zero-order valence-electron chi connectivity index (χ0n) is 12.1. The fraction of sp³-hybridized carbons (Fsp3) is 0.733. The molecule has 0 saturated carbocycles. The van der Waals surface area contributed by atoms with E-state index in [0.29, 0.717) is 0 Å². The summed E-state index contributed by atoms with van der Waals surface area (Å²) in [4.78, 5) is 11.3. The van der Waals surface area contributed by atoms with Gasteiger partial charge in [-0.2, -0.15) is 4.98 Å². The lowest BCUT2D eigenvalue weighted by atomic mass is 10.2. The van der Waals surface area contributed by atoms with Crippen molar-refractivity contribution in [2.75, 3.05) is 29.9 Å². The average molecular weight is 262 g/mol. The second kappa shape index (κ2) is 7.97. The van der Waals surface area contributed by atoms with Crippen molar-refractivity contribution in [3.8, 4) is 0 Å². The Hall–Kier alpha value is -1.32.